The molecular weight excluding hydrogens is 573 g/mol. The van der Waals surface area contributed by atoms with E-state index in [1.807, 2.05) is 0 Å². The molecule has 176 valence electrons. The van der Waals surface area contributed by atoms with Gasteiger partial charge in [0.1, 0.15) is 36.1 Å². The minimum atomic E-state index is -5.24. The van der Waals surface area contributed by atoms with Crippen LogP contribution in [0.1, 0.15) is 10.4 Å². The van der Waals surface area contributed by atoms with E-state index < -0.39 is 78.7 Å². The molecule has 0 aromatic heterocycles. The number of anilines is 2. The Bertz CT molecular complexity index is 1660. The molecule has 0 heterocycles. The smallest absolute Gasteiger partial charge is 0.744 e. The maximum absolute atomic E-state index is 12.7. The number of phenols is 1. The summed E-state index contributed by atoms with van der Waals surface area (Å²) < 4.78 is 103. The standard InChI is InChI=1S/C17H14N2O11S3.3Na/c18-8-1-2-10(15(5-8)33(28,29)30)17(21)19-12-3-4-14(32(25,26)27)11-6-9(31(22,23)24)7-13(20)16(11)12;;;/h1-7,20H,18H2,(H,19,21)(H,22,23,24)(H,25,26,27)(H,28,29,30);;;/q;3*+1/p-3. The second kappa shape index (κ2) is 12.7. The predicted octanol–water partition coefficient (Wildman–Crippen LogP) is -8.90. The van der Waals surface area contributed by atoms with E-state index in [-0.39, 0.29) is 94.4 Å². The largest absolute Gasteiger partial charge is 1.00 e. The first-order valence-corrected chi connectivity index (χ1v) is 12.6. The molecule has 0 atom stereocenters. The van der Waals surface area contributed by atoms with Crippen LogP contribution in [0.4, 0.5) is 11.4 Å². The van der Waals surface area contributed by atoms with E-state index in [4.69, 9.17) is 5.73 Å². The van der Waals surface area contributed by atoms with Gasteiger partial charge in [0.25, 0.3) is 5.91 Å². The number of nitrogens with two attached hydrogens (primary N) is 1. The van der Waals surface area contributed by atoms with Crippen LogP contribution in [0.2, 0.25) is 0 Å². The van der Waals surface area contributed by atoms with Gasteiger partial charge in [-0.1, -0.05) is 0 Å². The van der Waals surface area contributed by atoms with Gasteiger partial charge < -0.3 is 29.8 Å². The topological polar surface area (TPSA) is 247 Å². The number of carbonyl (C=O) groups is 1. The zero-order chi connectivity index (χ0) is 24.9. The molecule has 0 fully saturated rings. The number of aromatic hydroxyl groups is 1. The number of benzene rings is 3. The average Bonchev–Trinajstić information content (AvgIpc) is 2.65. The number of phenolic OH excluding ortho intramolecular Hbond substituents is 1. The van der Waals surface area contributed by atoms with Crippen LogP contribution in [0, 0.1) is 0 Å². The quantitative estimate of drug-likeness (QED) is 0.144. The zero-order valence-corrected chi connectivity index (χ0v) is 27.3. The van der Waals surface area contributed by atoms with E-state index in [0.29, 0.717) is 18.2 Å². The van der Waals surface area contributed by atoms with Crippen LogP contribution in [-0.4, -0.2) is 49.9 Å². The molecule has 0 spiro atoms. The summed E-state index contributed by atoms with van der Waals surface area (Å²) in [6.45, 7) is 0. The van der Waals surface area contributed by atoms with Gasteiger partial charge in [0.2, 0.25) is 0 Å². The summed E-state index contributed by atoms with van der Waals surface area (Å²) in [6, 6.07) is 5.32. The van der Waals surface area contributed by atoms with Crippen LogP contribution in [0.25, 0.3) is 10.8 Å². The summed E-state index contributed by atoms with van der Waals surface area (Å²) in [6.07, 6.45) is 0. The molecule has 4 N–H and O–H groups in total. The predicted molar refractivity (Wildman–Crippen MR) is 108 cm³/mol. The normalized spacial score (nSPS) is 11.5. The maximum Gasteiger partial charge on any atom is 1.00 e. The van der Waals surface area contributed by atoms with Crippen molar-refractivity contribution < 1.29 is 137 Å². The first-order valence-electron chi connectivity index (χ1n) is 8.38. The Balaban J connectivity index is 0.00000408. The first-order chi connectivity index (χ1) is 15.0. The Labute approximate surface area is 272 Å². The van der Waals surface area contributed by atoms with Gasteiger partial charge in [-0.25, -0.2) is 25.3 Å². The van der Waals surface area contributed by atoms with Crippen molar-refractivity contribution in [1.29, 1.82) is 0 Å². The third kappa shape index (κ3) is 7.87. The molecule has 0 radical (unpaired) electrons. The van der Waals surface area contributed by atoms with Crippen LogP contribution in [-0.2, 0) is 30.4 Å². The molecule has 3 rings (SSSR count). The molecule has 1 amide bonds. The molecule has 0 aliphatic heterocycles. The number of hydrogen-bond donors (Lipinski definition) is 3. The van der Waals surface area contributed by atoms with Gasteiger partial charge in [0.05, 0.1) is 25.9 Å². The number of hydrogen-bond acceptors (Lipinski definition) is 12. The second-order valence-electron chi connectivity index (χ2n) is 6.55. The van der Waals surface area contributed by atoms with Crippen LogP contribution in [0.5, 0.6) is 5.75 Å². The van der Waals surface area contributed by atoms with Crippen molar-refractivity contribution >= 4 is 58.4 Å². The molecular formula is C17H11N2Na3O11S3. The molecule has 0 bridgehead atoms. The van der Waals surface area contributed by atoms with Crippen molar-refractivity contribution in [1.82, 2.24) is 0 Å². The van der Waals surface area contributed by atoms with Crippen molar-refractivity contribution in [3.05, 3.63) is 48.0 Å². The SMILES string of the molecule is Nc1ccc(C(=O)Nc2ccc(S(=O)(=O)[O-])c3cc(S(=O)(=O)[O-])cc(O)c23)c(S(=O)(=O)[O-])c1.[Na+].[Na+].[Na+]. The number of nitrogens with one attached hydrogen (secondary N) is 1. The molecule has 3 aromatic carbocycles. The Morgan fingerprint density at radius 3 is 1.83 bits per heavy atom. The molecule has 0 aliphatic carbocycles. The molecule has 3 aromatic rings. The van der Waals surface area contributed by atoms with Crippen molar-refractivity contribution in [2.24, 2.45) is 0 Å². The fourth-order valence-corrected chi connectivity index (χ4v) is 4.89. The zero-order valence-electron chi connectivity index (χ0n) is 18.9. The van der Waals surface area contributed by atoms with E-state index in [9.17, 15) is 48.8 Å². The number of fused-ring (bicyclic) bond motifs is 1. The van der Waals surface area contributed by atoms with Crippen molar-refractivity contribution in [2.45, 2.75) is 14.7 Å². The third-order valence-electron chi connectivity index (χ3n) is 4.35. The summed E-state index contributed by atoms with van der Waals surface area (Å²) in [5.41, 5.74) is 4.26. The minimum Gasteiger partial charge on any atom is -0.744 e. The van der Waals surface area contributed by atoms with E-state index in [2.05, 4.69) is 5.32 Å². The summed E-state index contributed by atoms with van der Waals surface area (Å²) in [7, 11) is -15.6. The van der Waals surface area contributed by atoms with E-state index in [0.717, 1.165) is 24.3 Å². The summed E-state index contributed by atoms with van der Waals surface area (Å²) in [5, 5.41) is 11.2. The second-order valence-corrected chi connectivity index (χ2v) is 10.6. The molecule has 0 unspecified atom stereocenters. The number of rotatable bonds is 5. The summed E-state index contributed by atoms with van der Waals surface area (Å²) >= 11 is 0. The Hall–Kier alpha value is -0.280. The van der Waals surface area contributed by atoms with Crippen LogP contribution in [0.15, 0.2) is 57.2 Å². The maximum atomic E-state index is 12.7. The fourth-order valence-electron chi connectivity index (χ4n) is 3.00. The molecule has 19 heteroatoms. The third-order valence-corrected chi connectivity index (χ3v) is 6.94. The van der Waals surface area contributed by atoms with E-state index in [1.54, 1.807) is 0 Å². The minimum absolute atomic E-state index is 0. The van der Waals surface area contributed by atoms with Gasteiger partial charge in [-0.2, -0.15) is 0 Å². The Morgan fingerprint density at radius 1 is 0.778 bits per heavy atom. The van der Waals surface area contributed by atoms with Crippen molar-refractivity contribution in [3.63, 3.8) is 0 Å². The summed E-state index contributed by atoms with van der Waals surface area (Å²) in [4.78, 5) is 9.66. The van der Waals surface area contributed by atoms with E-state index >= 15 is 0 Å². The van der Waals surface area contributed by atoms with Crippen LogP contribution >= 0.6 is 0 Å². The van der Waals surface area contributed by atoms with E-state index in [1.165, 1.54) is 0 Å². The average molecular weight is 584 g/mol. The first kappa shape index (κ1) is 35.7. The van der Waals surface area contributed by atoms with Crippen LogP contribution in [0.3, 0.4) is 0 Å². The number of carbonyl (C=O) groups excluding carboxylic acids is 1. The molecule has 0 aliphatic rings. The molecule has 0 saturated heterocycles. The van der Waals surface area contributed by atoms with Gasteiger partial charge in [0.15, 0.2) is 0 Å². The molecule has 36 heavy (non-hydrogen) atoms. The van der Waals surface area contributed by atoms with Crippen LogP contribution < -0.4 is 99.7 Å². The van der Waals surface area contributed by atoms with Gasteiger partial charge in [-0.3, -0.25) is 4.79 Å². The fraction of sp³-hybridized carbons (Fsp3) is 0. The van der Waals surface area contributed by atoms with Crippen molar-refractivity contribution in [3.8, 4) is 5.75 Å². The summed E-state index contributed by atoms with van der Waals surface area (Å²) in [5.74, 6) is -2.19. The van der Waals surface area contributed by atoms with Gasteiger partial charge in [0, 0.05) is 16.5 Å². The van der Waals surface area contributed by atoms with Gasteiger partial charge in [-0.05, 0) is 42.5 Å². The molecule has 0 saturated carbocycles. The Morgan fingerprint density at radius 2 is 1.33 bits per heavy atom. The molecule has 13 nitrogen and oxygen atoms in total. The van der Waals surface area contributed by atoms with Crippen molar-refractivity contribution in [2.75, 3.05) is 11.1 Å². The van der Waals surface area contributed by atoms with Gasteiger partial charge in [-0.15, -0.1) is 0 Å². The number of nitrogen functional groups attached to an aromatic ring is 1. The Kier molecular flexibility index (Phi) is 12.6. The monoisotopic (exact) mass is 584 g/mol. The number of amides is 1. The van der Waals surface area contributed by atoms with Gasteiger partial charge >= 0.3 is 88.7 Å².